The van der Waals surface area contributed by atoms with Gasteiger partial charge in [-0.05, 0) is 43.0 Å². The molecule has 4 rings (SSSR count). The Hall–Kier alpha value is -1.92. The molecule has 128 valence electrons. The minimum absolute atomic E-state index is 0.0708. The molecule has 1 spiro atoms. The van der Waals surface area contributed by atoms with Crippen LogP contribution in [0.25, 0.3) is 0 Å². The third kappa shape index (κ3) is 3.03. The molecule has 2 aromatic heterocycles. The van der Waals surface area contributed by atoms with E-state index in [1.165, 1.54) is 12.3 Å². The van der Waals surface area contributed by atoms with Gasteiger partial charge in [0.2, 0.25) is 5.88 Å². The molecule has 0 saturated carbocycles. The van der Waals surface area contributed by atoms with Crippen molar-refractivity contribution in [2.24, 2.45) is 5.92 Å². The molecule has 0 bridgehead atoms. The number of nitrogens with zero attached hydrogens (tertiary/aromatic N) is 2. The van der Waals surface area contributed by atoms with Gasteiger partial charge in [-0.25, -0.2) is 9.37 Å². The average Bonchev–Trinajstić information content (AvgIpc) is 3.19. The fourth-order valence-electron chi connectivity index (χ4n) is 3.76. The van der Waals surface area contributed by atoms with E-state index in [1.807, 2.05) is 12.1 Å². The van der Waals surface area contributed by atoms with E-state index in [0.29, 0.717) is 12.5 Å². The lowest BCUT2D eigenvalue weighted by molar-refractivity contribution is -0.139. The largest absolute Gasteiger partial charge is 0.476 e. The van der Waals surface area contributed by atoms with E-state index in [9.17, 15) is 4.39 Å². The molecule has 0 aliphatic carbocycles. The smallest absolute Gasteiger partial charge is 0.250 e. The molecule has 2 fully saturated rings. The van der Waals surface area contributed by atoms with E-state index in [1.54, 1.807) is 12.3 Å². The lowest BCUT2D eigenvalue weighted by atomic mass is 9.79. The van der Waals surface area contributed by atoms with E-state index in [0.717, 1.165) is 44.8 Å². The van der Waals surface area contributed by atoms with Crippen molar-refractivity contribution >= 4 is 0 Å². The van der Waals surface area contributed by atoms with Gasteiger partial charge in [0.25, 0.3) is 0 Å². The van der Waals surface area contributed by atoms with Gasteiger partial charge < -0.3 is 13.9 Å². The molecule has 2 aromatic rings. The minimum atomic E-state index is -0.414. The highest BCUT2D eigenvalue weighted by atomic mass is 19.1. The maximum Gasteiger partial charge on any atom is 0.250 e. The van der Waals surface area contributed by atoms with Crippen molar-refractivity contribution in [3.05, 3.63) is 48.3 Å². The highest BCUT2D eigenvalue weighted by Crippen LogP contribution is 2.42. The molecule has 24 heavy (non-hydrogen) atoms. The Morgan fingerprint density at radius 1 is 1.33 bits per heavy atom. The highest BCUT2D eigenvalue weighted by Gasteiger charge is 2.52. The van der Waals surface area contributed by atoms with Crippen LogP contribution in [0.2, 0.25) is 0 Å². The van der Waals surface area contributed by atoms with E-state index in [2.05, 4.69) is 9.88 Å². The number of ether oxygens (including phenoxy) is 2. The van der Waals surface area contributed by atoms with Crippen LogP contribution in [0, 0.1) is 11.7 Å². The summed E-state index contributed by atoms with van der Waals surface area (Å²) in [5.41, 5.74) is -0.0708. The van der Waals surface area contributed by atoms with Crippen molar-refractivity contribution < 1.29 is 18.3 Å². The highest BCUT2D eigenvalue weighted by molar-refractivity contribution is 5.13. The van der Waals surface area contributed by atoms with Crippen molar-refractivity contribution in [3.8, 4) is 5.88 Å². The summed E-state index contributed by atoms with van der Waals surface area (Å²) < 4.78 is 30.5. The van der Waals surface area contributed by atoms with Gasteiger partial charge in [0.15, 0.2) is 5.82 Å². The maximum absolute atomic E-state index is 13.5. The van der Waals surface area contributed by atoms with Crippen molar-refractivity contribution in [2.75, 3.05) is 26.3 Å². The number of aromatic nitrogens is 1. The Kier molecular flexibility index (Phi) is 4.24. The Morgan fingerprint density at radius 2 is 2.25 bits per heavy atom. The molecular formula is C18H21FN2O3. The average molecular weight is 332 g/mol. The zero-order valence-electron chi connectivity index (χ0n) is 13.5. The molecule has 6 heteroatoms. The van der Waals surface area contributed by atoms with Gasteiger partial charge in [-0.3, -0.25) is 4.90 Å². The van der Waals surface area contributed by atoms with Gasteiger partial charge in [-0.1, -0.05) is 0 Å². The van der Waals surface area contributed by atoms with Gasteiger partial charge in [0, 0.05) is 25.9 Å². The number of likely N-dealkylation sites (tertiary alicyclic amines) is 1. The van der Waals surface area contributed by atoms with Gasteiger partial charge in [-0.15, -0.1) is 0 Å². The Bertz CT molecular complexity index is 671. The van der Waals surface area contributed by atoms with Gasteiger partial charge >= 0.3 is 0 Å². The summed E-state index contributed by atoms with van der Waals surface area (Å²) in [5.74, 6) is 1.09. The number of hydrogen-bond acceptors (Lipinski definition) is 5. The molecule has 2 saturated heterocycles. The van der Waals surface area contributed by atoms with Crippen molar-refractivity contribution in [1.82, 2.24) is 9.88 Å². The summed E-state index contributed by atoms with van der Waals surface area (Å²) in [7, 11) is 0. The Morgan fingerprint density at radius 3 is 3.04 bits per heavy atom. The van der Waals surface area contributed by atoms with E-state index in [4.69, 9.17) is 13.9 Å². The number of pyridine rings is 1. The number of rotatable bonds is 6. The summed E-state index contributed by atoms with van der Waals surface area (Å²) in [6, 6.07) is 6.83. The summed E-state index contributed by atoms with van der Waals surface area (Å²) >= 11 is 0. The fourth-order valence-corrected chi connectivity index (χ4v) is 3.76. The second-order valence-corrected chi connectivity index (χ2v) is 6.55. The van der Waals surface area contributed by atoms with E-state index in [-0.39, 0.29) is 11.5 Å². The first kappa shape index (κ1) is 15.6. The van der Waals surface area contributed by atoms with E-state index < -0.39 is 5.82 Å². The lowest BCUT2D eigenvalue weighted by Gasteiger charge is -2.50. The molecule has 1 atom stereocenters. The van der Waals surface area contributed by atoms with Crippen molar-refractivity contribution in [1.29, 1.82) is 0 Å². The molecule has 1 unspecified atom stereocenters. The molecule has 0 radical (unpaired) electrons. The third-order valence-electron chi connectivity index (χ3n) is 4.97. The van der Waals surface area contributed by atoms with Crippen molar-refractivity contribution in [3.63, 3.8) is 0 Å². The number of halogens is 1. The standard InChI is InChI=1S/C18H21FN2O3/c19-16-4-1-7-20-17(16)23-9-5-14-6-10-24-18(14)12-21(13-18)11-15-3-2-8-22-15/h1-4,7-8,14H,5-6,9-13H2. The van der Waals surface area contributed by atoms with E-state index >= 15 is 0 Å². The van der Waals surface area contributed by atoms with Gasteiger partial charge in [0.05, 0.1) is 25.0 Å². The molecule has 5 nitrogen and oxygen atoms in total. The summed E-state index contributed by atoms with van der Waals surface area (Å²) in [6.07, 6.45) is 5.12. The summed E-state index contributed by atoms with van der Waals surface area (Å²) in [6.45, 7) is 3.90. The molecule has 0 aromatic carbocycles. The summed E-state index contributed by atoms with van der Waals surface area (Å²) in [4.78, 5) is 6.25. The molecular weight excluding hydrogens is 311 g/mol. The predicted octanol–water partition coefficient (Wildman–Crippen LogP) is 2.87. The van der Waals surface area contributed by atoms with Crippen LogP contribution in [0.15, 0.2) is 41.1 Å². The minimum Gasteiger partial charge on any atom is -0.476 e. The van der Waals surface area contributed by atoms with Crippen LogP contribution < -0.4 is 4.74 Å². The number of furan rings is 1. The van der Waals surface area contributed by atoms with Crippen LogP contribution in [-0.4, -0.2) is 41.8 Å². The van der Waals surface area contributed by atoms with Crippen molar-refractivity contribution in [2.45, 2.75) is 25.0 Å². The topological polar surface area (TPSA) is 47.7 Å². The van der Waals surface area contributed by atoms with Crippen LogP contribution in [-0.2, 0) is 11.3 Å². The quantitative estimate of drug-likeness (QED) is 0.814. The summed E-state index contributed by atoms with van der Waals surface area (Å²) in [5, 5.41) is 0. The fraction of sp³-hybridized carbons (Fsp3) is 0.500. The second-order valence-electron chi connectivity index (χ2n) is 6.55. The van der Waals surface area contributed by atoms with Crippen LogP contribution in [0.5, 0.6) is 5.88 Å². The second kappa shape index (κ2) is 6.53. The molecule has 0 N–H and O–H groups in total. The monoisotopic (exact) mass is 332 g/mol. The number of hydrogen-bond donors (Lipinski definition) is 0. The molecule has 0 amide bonds. The first-order chi connectivity index (χ1) is 11.8. The third-order valence-corrected chi connectivity index (χ3v) is 4.97. The first-order valence-corrected chi connectivity index (χ1v) is 8.37. The molecule has 2 aliphatic heterocycles. The van der Waals surface area contributed by atoms with Crippen LogP contribution >= 0.6 is 0 Å². The Labute approximate surface area is 140 Å². The normalized spacial score (nSPS) is 22.6. The van der Waals surface area contributed by atoms with Crippen LogP contribution in [0.4, 0.5) is 4.39 Å². The SMILES string of the molecule is Fc1cccnc1OCCC1CCOC12CN(Cc1ccco1)C2. The maximum atomic E-state index is 13.5. The van der Waals surface area contributed by atoms with Crippen LogP contribution in [0.3, 0.4) is 0 Å². The van der Waals surface area contributed by atoms with Gasteiger partial charge in [0.1, 0.15) is 5.76 Å². The zero-order chi connectivity index (χ0) is 16.4. The molecule has 2 aliphatic rings. The Balaban J connectivity index is 1.28. The van der Waals surface area contributed by atoms with Crippen LogP contribution in [0.1, 0.15) is 18.6 Å². The first-order valence-electron chi connectivity index (χ1n) is 8.37. The molecule has 4 heterocycles. The predicted molar refractivity (Wildman–Crippen MR) is 85.1 cm³/mol. The lowest BCUT2D eigenvalue weighted by Crippen LogP contribution is -2.64. The zero-order valence-corrected chi connectivity index (χ0v) is 13.5. The van der Waals surface area contributed by atoms with Gasteiger partial charge in [-0.2, -0.15) is 0 Å².